The number of likely N-dealkylation sites (tertiary alicyclic amines) is 1. The summed E-state index contributed by atoms with van der Waals surface area (Å²) in [6, 6.07) is 9.55. The molecule has 1 saturated heterocycles. The highest BCUT2D eigenvalue weighted by molar-refractivity contribution is 5.88. The van der Waals surface area contributed by atoms with Gasteiger partial charge in [0.2, 0.25) is 0 Å². The number of carboxylic acid groups (broad SMARTS) is 1. The van der Waals surface area contributed by atoms with Crippen LogP contribution >= 0.6 is 0 Å². The summed E-state index contributed by atoms with van der Waals surface area (Å²) in [5, 5.41) is 10.9. The topological polar surface area (TPSA) is 49.8 Å². The lowest BCUT2D eigenvalue weighted by molar-refractivity contribution is -0.185. The third-order valence-electron chi connectivity index (χ3n) is 7.59. The number of carboxylic acids is 1. The van der Waals surface area contributed by atoms with E-state index >= 15 is 0 Å². The van der Waals surface area contributed by atoms with Crippen molar-refractivity contribution in [3.8, 4) is 5.75 Å². The second-order valence-electron chi connectivity index (χ2n) is 9.61. The predicted molar refractivity (Wildman–Crippen MR) is 122 cm³/mol. The van der Waals surface area contributed by atoms with Crippen LogP contribution in [0.5, 0.6) is 5.75 Å². The molecule has 1 N–H and O–H groups in total. The Morgan fingerprint density at radius 3 is 2.32 bits per heavy atom. The second-order valence-corrected chi connectivity index (χ2v) is 9.61. The molecule has 0 bridgehead atoms. The van der Waals surface area contributed by atoms with Crippen molar-refractivity contribution in [3.63, 3.8) is 0 Å². The molecule has 0 aromatic heterocycles. The molecule has 0 spiro atoms. The number of fused-ring (bicyclic) bond motifs is 1. The van der Waals surface area contributed by atoms with Crippen LogP contribution in [-0.4, -0.2) is 41.3 Å². The number of carbonyl (C=O) groups is 1. The van der Waals surface area contributed by atoms with Crippen molar-refractivity contribution in [2.24, 2.45) is 11.8 Å². The van der Waals surface area contributed by atoms with E-state index in [1.54, 1.807) is 6.07 Å². The summed E-state index contributed by atoms with van der Waals surface area (Å²) < 4.78 is 59.1. The van der Waals surface area contributed by atoms with Crippen molar-refractivity contribution < 1.29 is 32.2 Å². The maximum Gasteiger partial charge on any atom is 0.391 e. The molecule has 2 aromatic carbocycles. The molecule has 4 rings (SSSR count). The van der Waals surface area contributed by atoms with Gasteiger partial charge in [0.25, 0.3) is 0 Å². The van der Waals surface area contributed by atoms with E-state index in [1.807, 2.05) is 24.3 Å². The van der Waals surface area contributed by atoms with Crippen LogP contribution < -0.4 is 4.74 Å². The first-order valence-electron chi connectivity index (χ1n) is 12.0. The molecule has 1 atom stereocenters. The summed E-state index contributed by atoms with van der Waals surface area (Å²) >= 11 is 0. The molecule has 0 amide bonds. The minimum atomic E-state index is -4.17. The fourth-order valence-corrected chi connectivity index (χ4v) is 5.32. The van der Waals surface area contributed by atoms with Crippen molar-refractivity contribution >= 4 is 16.7 Å². The fraction of sp³-hybridized carbons (Fsp3) is 0.577. The molecule has 1 unspecified atom stereocenters. The molecule has 1 saturated carbocycles. The molecule has 2 aromatic rings. The van der Waals surface area contributed by atoms with Crippen LogP contribution in [0.25, 0.3) is 10.8 Å². The van der Waals surface area contributed by atoms with Crippen molar-refractivity contribution in [2.45, 2.75) is 70.4 Å². The number of ether oxygens (including phenoxy) is 1. The van der Waals surface area contributed by atoms with Crippen molar-refractivity contribution in [1.29, 1.82) is 0 Å². The molecule has 186 valence electrons. The summed E-state index contributed by atoms with van der Waals surface area (Å²) in [5.74, 6) is -1.93. The lowest BCUT2D eigenvalue weighted by Gasteiger charge is -2.35. The average Bonchev–Trinajstić information content (AvgIpc) is 2.83. The largest absolute Gasteiger partial charge is 0.490 e. The Bertz CT molecular complexity index is 1010. The van der Waals surface area contributed by atoms with E-state index in [0.717, 1.165) is 16.3 Å². The van der Waals surface area contributed by atoms with Crippen molar-refractivity contribution in [3.05, 3.63) is 41.5 Å². The highest BCUT2D eigenvalue weighted by atomic mass is 19.4. The minimum Gasteiger partial charge on any atom is -0.490 e. The first-order valence-corrected chi connectivity index (χ1v) is 12.0. The number of alkyl halides is 4. The Hall–Kier alpha value is -2.35. The first-order chi connectivity index (χ1) is 16.2. The van der Waals surface area contributed by atoms with Gasteiger partial charge in [-0.1, -0.05) is 18.2 Å². The van der Waals surface area contributed by atoms with Gasteiger partial charge in [-0.05, 0) is 87.0 Å². The average molecular weight is 482 g/mol. The van der Waals surface area contributed by atoms with Crippen LogP contribution in [0.4, 0.5) is 17.6 Å². The van der Waals surface area contributed by atoms with Crippen LogP contribution in [0.3, 0.4) is 0 Å². The molecule has 2 aliphatic rings. The Labute approximate surface area is 196 Å². The van der Waals surface area contributed by atoms with Gasteiger partial charge in [0.15, 0.2) is 0 Å². The number of hydrogen-bond acceptors (Lipinski definition) is 3. The van der Waals surface area contributed by atoms with Crippen LogP contribution in [0.1, 0.15) is 62.6 Å². The van der Waals surface area contributed by atoms with Gasteiger partial charge in [-0.2, -0.15) is 13.2 Å². The third kappa shape index (κ3) is 5.32. The molecule has 34 heavy (non-hydrogen) atoms. The van der Waals surface area contributed by atoms with E-state index in [9.17, 15) is 27.5 Å². The van der Waals surface area contributed by atoms with E-state index < -0.39 is 24.7 Å². The second kappa shape index (κ2) is 10.1. The number of halogens is 4. The first kappa shape index (κ1) is 24.8. The zero-order valence-corrected chi connectivity index (χ0v) is 19.3. The van der Waals surface area contributed by atoms with E-state index in [1.165, 1.54) is 0 Å². The number of hydrogen-bond donors (Lipinski definition) is 1. The lowest BCUT2D eigenvalue weighted by Crippen LogP contribution is -2.37. The smallest absolute Gasteiger partial charge is 0.391 e. The maximum atomic E-state index is 14.2. The summed E-state index contributed by atoms with van der Waals surface area (Å²) in [6.45, 7) is 2.72. The maximum absolute atomic E-state index is 14.2. The van der Waals surface area contributed by atoms with Crippen LogP contribution in [0, 0.1) is 11.8 Å². The van der Waals surface area contributed by atoms with E-state index in [-0.39, 0.29) is 30.9 Å². The molecule has 1 heterocycles. The van der Waals surface area contributed by atoms with Crippen LogP contribution in [-0.2, 0) is 11.5 Å². The Kier molecular flexibility index (Phi) is 7.36. The van der Waals surface area contributed by atoms with Gasteiger partial charge in [0.05, 0.1) is 17.9 Å². The summed E-state index contributed by atoms with van der Waals surface area (Å²) in [4.78, 5) is 13.5. The Balaban J connectivity index is 1.51. The van der Waals surface area contributed by atoms with Gasteiger partial charge in [-0.3, -0.25) is 9.69 Å². The van der Waals surface area contributed by atoms with Crippen LogP contribution in [0.2, 0.25) is 0 Å². The molecular weight excluding hydrogens is 450 g/mol. The van der Waals surface area contributed by atoms with Gasteiger partial charge >= 0.3 is 12.1 Å². The number of benzene rings is 2. The van der Waals surface area contributed by atoms with Gasteiger partial charge in [0, 0.05) is 11.6 Å². The zero-order valence-electron chi connectivity index (χ0n) is 19.3. The molecule has 4 nitrogen and oxygen atoms in total. The zero-order chi connectivity index (χ0) is 24.5. The normalized spacial score (nSPS) is 23.7. The number of aliphatic carboxylic acids is 1. The van der Waals surface area contributed by atoms with Gasteiger partial charge < -0.3 is 9.84 Å². The Morgan fingerprint density at radius 2 is 1.74 bits per heavy atom. The van der Waals surface area contributed by atoms with Crippen molar-refractivity contribution in [1.82, 2.24) is 4.90 Å². The molecule has 8 heteroatoms. The molecule has 0 radical (unpaired) electrons. The van der Waals surface area contributed by atoms with Crippen molar-refractivity contribution in [2.75, 3.05) is 13.1 Å². The van der Waals surface area contributed by atoms with Crippen LogP contribution in [0.15, 0.2) is 30.3 Å². The Morgan fingerprint density at radius 1 is 1.09 bits per heavy atom. The van der Waals surface area contributed by atoms with Gasteiger partial charge in [-0.25, -0.2) is 4.39 Å². The van der Waals surface area contributed by atoms with Gasteiger partial charge in [-0.15, -0.1) is 0 Å². The minimum absolute atomic E-state index is 0.0347. The summed E-state index contributed by atoms with van der Waals surface area (Å²) in [7, 11) is 0. The van der Waals surface area contributed by atoms with E-state index in [4.69, 9.17) is 4.74 Å². The van der Waals surface area contributed by atoms with E-state index in [0.29, 0.717) is 50.1 Å². The predicted octanol–water partition coefficient (Wildman–Crippen LogP) is 6.67. The quantitative estimate of drug-likeness (QED) is 0.469. The summed E-state index contributed by atoms with van der Waals surface area (Å²) in [6.07, 6.45) is -2.63. The summed E-state index contributed by atoms with van der Waals surface area (Å²) in [5.41, 5.74) is 1.44. The monoisotopic (exact) mass is 481 g/mol. The number of nitrogens with zero attached hydrogens (tertiary/aromatic N) is 1. The van der Waals surface area contributed by atoms with E-state index in [2.05, 4.69) is 11.8 Å². The SMILES string of the molecule is CC(c1ccc2ccc(OC3CCC(C(F)(F)F)CC3)c(CF)c2c1)N1CCC(C(=O)O)CC1. The number of rotatable bonds is 6. The molecular formula is C26H31F4NO3. The lowest BCUT2D eigenvalue weighted by atomic mass is 9.87. The number of piperidine rings is 1. The molecule has 2 fully saturated rings. The molecule has 1 aliphatic heterocycles. The third-order valence-corrected chi connectivity index (χ3v) is 7.59. The standard InChI is InChI=1S/C26H31F4NO3/c1-16(31-12-10-18(11-13-31)25(32)33)19-3-2-17-4-9-24(23(15-27)22(17)14-19)34-21-7-5-20(6-8-21)26(28,29)30/h2-4,9,14,16,18,20-21H,5-8,10-13,15H2,1H3,(H,32,33). The van der Waals surface area contributed by atoms with Gasteiger partial charge in [0.1, 0.15) is 12.4 Å². The fourth-order valence-electron chi connectivity index (χ4n) is 5.32. The molecule has 1 aliphatic carbocycles. The highest BCUT2D eigenvalue weighted by Gasteiger charge is 2.41. The highest BCUT2D eigenvalue weighted by Crippen LogP contribution is 2.40.